The summed E-state index contributed by atoms with van der Waals surface area (Å²) >= 11 is 0. The predicted molar refractivity (Wildman–Crippen MR) is 62.1 cm³/mol. The first-order valence-corrected chi connectivity index (χ1v) is 5.57. The molecule has 1 fully saturated rings. The molecule has 1 saturated carbocycles. The summed E-state index contributed by atoms with van der Waals surface area (Å²) < 4.78 is 5.68. The molecule has 0 radical (unpaired) electrons. The SMILES string of the molecule is CC(C)(N)Cc1ccc(OC2CC2)cc1. The fourth-order valence-electron chi connectivity index (χ4n) is 1.59. The van der Waals surface area contributed by atoms with E-state index in [4.69, 9.17) is 10.5 Å². The van der Waals surface area contributed by atoms with Crippen LogP contribution in [0.25, 0.3) is 0 Å². The lowest BCUT2D eigenvalue weighted by Crippen LogP contribution is -2.34. The molecule has 0 aliphatic heterocycles. The maximum absolute atomic E-state index is 5.97. The Bertz CT molecular complexity index is 319. The third-order valence-corrected chi connectivity index (χ3v) is 2.41. The van der Waals surface area contributed by atoms with E-state index in [2.05, 4.69) is 12.1 Å². The van der Waals surface area contributed by atoms with Crippen molar-refractivity contribution < 1.29 is 4.74 Å². The highest BCUT2D eigenvalue weighted by molar-refractivity contribution is 5.28. The molecule has 0 aromatic heterocycles. The first-order chi connectivity index (χ1) is 7.03. The number of hydrogen-bond acceptors (Lipinski definition) is 2. The van der Waals surface area contributed by atoms with E-state index in [1.807, 2.05) is 26.0 Å². The molecule has 0 atom stereocenters. The van der Waals surface area contributed by atoms with Gasteiger partial charge < -0.3 is 10.5 Å². The molecule has 0 heterocycles. The van der Waals surface area contributed by atoms with Gasteiger partial charge in [-0.15, -0.1) is 0 Å². The molecule has 1 aromatic rings. The van der Waals surface area contributed by atoms with Crippen LogP contribution in [0.2, 0.25) is 0 Å². The zero-order chi connectivity index (χ0) is 10.9. The standard InChI is InChI=1S/C13H19NO/c1-13(2,14)9-10-3-5-11(6-4-10)15-12-7-8-12/h3-6,12H,7-9,14H2,1-2H3. The number of hydrogen-bond donors (Lipinski definition) is 1. The summed E-state index contributed by atoms with van der Waals surface area (Å²) in [5.41, 5.74) is 7.09. The third kappa shape index (κ3) is 3.56. The molecule has 1 aliphatic carbocycles. The van der Waals surface area contributed by atoms with Gasteiger partial charge in [0.05, 0.1) is 6.10 Å². The highest BCUT2D eigenvalue weighted by atomic mass is 16.5. The zero-order valence-electron chi connectivity index (χ0n) is 9.49. The topological polar surface area (TPSA) is 35.2 Å². The lowest BCUT2D eigenvalue weighted by molar-refractivity contribution is 0.303. The molecule has 0 bridgehead atoms. The molecule has 2 N–H and O–H groups in total. The predicted octanol–water partition coefficient (Wildman–Crippen LogP) is 2.51. The van der Waals surface area contributed by atoms with Crippen LogP contribution < -0.4 is 10.5 Å². The molecule has 1 aromatic carbocycles. The van der Waals surface area contributed by atoms with E-state index >= 15 is 0 Å². The molecule has 82 valence electrons. The molecule has 2 heteroatoms. The largest absolute Gasteiger partial charge is 0.490 e. The summed E-state index contributed by atoms with van der Waals surface area (Å²) in [5.74, 6) is 0.982. The molecule has 0 amide bonds. The van der Waals surface area contributed by atoms with E-state index in [0.717, 1.165) is 12.2 Å². The Morgan fingerprint density at radius 1 is 1.27 bits per heavy atom. The molecule has 2 rings (SSSR count). The Morgan fingerprint density at radius 2 is 1.87 bits per heavy atom. The third-order valence-electron chi connectivity index (χ3n) is 2.41. The van der Waals surface area contributed by atoms with Gasteiger partial charge in [0.25, 0.3) is 0 Å². The van der Waals surface area contributed by atoms with Gasteiger partial charge in [-0.1, -0.05) is 12.1 Å². The molecule has 0 spiro atoms. The summed E-state index contributed by atoms with van der Waals surface area (Å²) in [6.07, 6.45) is 3.79. The van der Waals surface area contributed by atoms with Crippen molar-refractivity contribution in [3.63, 3.8) is 0 Å². The molecular weight excluding hydrogens is 186 g/mol. The smallest absolute Gasteiger partial charge is 0.119 e. The monoisotopic (exact) mass is 205 g/mol. The summed E-state index contributed by atoms with van der Waals surface area (Å²) in [5, 5.41) is 0. The van der Waals surface area contributed by atoms with Crippen LogP contribution in [0.3, 0.4) is 0 Å². The Labute approximate surface area is 91.4 Å². The first-order valence-electron chi connectivity index (χ1n) is 5.57. The van der Waals surface area contributed by atoms with Crippen LogP contribution in [0.4, 0.5) is 0 Å². The van der Waals surface area contributed by atoms with Crippen molar-refractivity contribution in [2.45, 2.75) is 44.8 Å². The minimum atomic E-state index is -0.140. The van der Waals surface area contributed by atoms with Gasteiger partial charge in [-0.3, -0.25) is 0 Å². The van der Waals surface area contributed by atoms with E-state index in [-0.39, 0.29) is 5.54 Å². The van der Waals surface area contributed by atoms with E-state index < -0.39 is 0 Å². The van der Waals surface area contributed by atoms with Gasteiger partial charge in [0.2, 0.25) is 0 Å². The Balaban J connectivity index is 1.96. The Kier molecular flexibility index (Phi) is 2.70. The first kappa shape index (κ1) is 10.5. The lowest BCUT2D eigenvalue weighted by atomic mass is 9.96. The quantitative estimate of drug-likeness (QED) is 0.819. The Hall–Kier alpha value is -1.02. The van der Waals surface area contributed by atoms with Crippen molar-refractivity contribution in [2.24, 2.45) is 5.73 Å². The van der Waals surface area contributed by atoms with Crippen LogP contribution in [-0.4, -0.2) is 11.6 Å². The van der Waals surface area contributed by atoms with Gasteiger partial charge in [0.15, 0.2) is 0 Å². The normalized spacial score (nSPS) is 16.5. The summed E-state index contributed by atoms with van der Waals surface area (Å²) in [6, 6.07) is 8.29. The van der Waals surface area contributed by atoms with Crippen LogP contribution in [0.15, 0.2) is 24.3 Å². The molecule has 2 nitrogen and oxygen atoms in total. The van der Waals surface area contributed by atoms with Gasteiger partial charge in [-0.05, 0) is 50.8 Å². The van der Waals surface area contributed by atoms with Gasteiger partial charge in [0.1, 0.15) is 5.75 Å². The second-order valence-electron chi connectivity index (χ2n) is 5.13. The van der Waals surface area contributed by atoms with Crippen molar-refractivity contribution in [3.8, 4) is 5.75 Å². The van der Waals surface area contributed by atoms with Gasteiger partial charge in [-0.25, -0.2) is 0 Å². The van der Waals surface area contributed by atoms with Gasteiger partial charge in [0, 0.05) is 5.54 Å². The fraction of sp³-hybridized carbons (Fsp3) is 0.538. The second kappa shape index (κ2) is 3.86. The minimum absolute atomic E-state index is 0.140. The zero-order valence-corrected chi connectivity index (χ0v) is 9.49. The van der Waals surface area contributed by atoms with Gasteiger partial charge >= 0.3 is 0 Å². The van der Waals surface area contributed by atoms with Crippen molar-refractivity contribution in [3.05, 3.63) is 29.8 Å². The molecular formula is C13H19NO. The average Bonchev–Trinajstić information content (AvgIpc) is 2.90. The van der Waals surface area contributed by atoms with Crippen LogP contribution in [0.1, 0.15) is 32.3 Å². The molecule has 15 heavy (non-hydrogen) atoms. The maximum atomic E-state index is 5.97. The second-order valence-corrected chi connectivity index (χ2v) is 5.13. The molecule has 0 unspecified atom stereocenters. The highest BCUT2D eigenvalue weighted by Crippen LogP contribution is 2.27. The number of rotatable bonds is 4. The van der Waals surface area contributed by atoms with Crippen LogP contribution >= 0.6 is 0 Å². The van der Waals surface area contributed by atoms with Gasteiger partial charge in [-0.2, -0.15) is 0 Å². The van der Waals surface area contributed by atoms with E-state index in [9.17, 15) is 0 Å². The van der Waals surface area contributed by atoms with Crippen LogP contribution in [-0.2, 0) is 6.42 Å². The van der Waals surface area contributed by atoms with Crippen molar-refractivity contribution >= 4 is 0 Å². The highest BCUT2D eigenvalue weighted by Gasteiger charge is 2.23. The van der Waals surface area contributed by atoms with E-state index in [1.54, 1.807) is 0 Å². The van der Waals surface area contributed by atoms with Crippen molar-refractivity contribution in [1.29, 1.82) is 0 Å². The number of nitrogens with two attached hydrogens (primary N) is 1. The molecule has 0 saturated heterocycles. The van der Waals surface area contributed by atoms with Crippen molar-refractivity contribution in [1.82, 2.24) is 0 Å². The maximum Gasteiger partial charge on any atom is 0.119 e. The van der Waals surface area contributed by atoms with E-state index in [0.29, 0.717) is 6.10 Å². The van der Waals surface area contributed by atoms with Crippen LogP contribution in [0.5, 0.6) is 5.75 Å². The van der Waals surface area contributed by atoms with Crippen molar-refractivity contribution in [2.75, 3.05) is 0 Å². The number of ether oxygens (including phenoxy) is 1. The Morgan fingerprint density at radius 3 is 2.33 bits per heavy atom. The summed E-state index contributed by atoms with van der Waals surface area (Å²) in [4.78, 5) is 0. The fourth-order valence-corrected chi connectivity index (χ4v) is 1.59. The summed E-state index contributed by atoms with van der Waals surface area (Å²) in [7, 11) is 0. The molecule has 1 aliphatic rings. The van der Waals surface area contributed by atoms with E-state index in [1.165, 1.54) is 18.4 Å². The number of benzene rings is 1. The lowest BCUT2D eigenvalue weighted by Gasteiger charge is -2.18. The van der Waals surface area contributed by atoms with Crippen LogP contribution in [0, 0.1) is 0 Å². The minimum Gasteiger partial charge on any atom is -0.490 e. The summed E-state index contributed by atoms with van der Waals surface area (Å²) in [6.45, 7) is 4.09. The average molecular weight is 205 g/mol.